The molecule has 0 bridgehead atoms. The van der Waals surface area contributed by atoms with Gasteiger partial charge in [0.05, 0.1) is 13.2 Å². The second kappa shape index (κ2) is 3.45. The molecule has 0 aliphatic carbocycles. The monoisotopic (exact) mass is 176 g/mol. The lowest BCUT2D eigenvalue weighted by Gasteiger charge is -2.36. The van der Waals surface area contributed by atoms with Crippen LogP contribution in [0.4, 0.5) is 0 Å². The molecule has 0 amide bonds. The second-order valence-corrected chi connectivity index (χ2v) is 4.12. The average Bonchev–Trinajstić information content (AvgIpc) is 1.85. The van der Waals surface area contributed by atoms with Crippen molar-refractivity contribution in [3.8, 4) is 0 Å². The Hall–Kier alpha value is -0.220. The predicted octanol–water partition coefficient (Wildman–Crippen LogP) is 0.983. The first-order valence-electron chi connectivity index (χ1n) is 3.66. The summed E-state index contributed by atoms with van der Waals surface area (Å²) in [4.78, 5) is 10.7. The predicted molar refractivity (Wildman–Crippen MR) is 43.9 cm³/mol. The van der Waals surface area contributed by atoms with Crippen LogP contribution < -0.4 is 0 Å². The summed E-state index contributed by atoms with van der Waals surface area (Å²) in [5.74, 6) is 0.164. The van der Waals surface area contributed by atoms with E-state index in [0.29, 0.717) is 13.2 Å². The van der Waals surface area contributed by atoms with Crippen molar-refractivity contribution in [1.82, 2.24) is 0 Å². The number of carboxylic acids is 1. The highest BCUT2D eigenvalue weighted by atomic mass is 32.2. The van der Waals surface area contributed by atoms with E-state index in [9.17, 15) is 4.79 Å². The molecule has 1 aliphatic rings. The summed E-state index contributed by atoms with van der Waals surface area (Å²) in [6, 6.07) is 0. The summed E-state index contributed by atoms with van der Waals surface area (Å²) < 4.78 is 4.28. The molecule has 1 saturated heterocycles. The lowest BCUT2D eigenvalue weighted by atomic mass is 10.1. The zero-order valence-electron chi connectivity index (χ0n) is 6.50. The van der Waals surface area contributed by atoms with E-state index in [2.05, 4.69) is 0 Å². The lowest BCUT2D eigenvalue weighted by Crippen LogP contribution is -2.53. The highest BCUT2D eigenvalue weighted by Gasteiger charge is 2.46. The Morgan fingerprint density at radius 2 is 2.36 bits per heavy atom. The minimum atomic E-state index is -0.734. The van der Waals surface area contributed by atoms with Crippen LogP contribution in [0.2, 0.25) is 0 Å². The lowest BCUT2D eigenvalue weighted by molar-refractivity contribution is -0.151. The van der Waals surface area contributed by atoms with Gasteiger partial charge in [-0.3, -0.25) is 4.79 Å². The van der Waals surface area contributed by atoms with Crippen LogP contribution in [-0.4, -0.2) is 34.8 Å². The maximum atomic E-state index is 10.7. The highest BCUT2D eigenvalue weighted by molar-refractivity contribution is 8.01. The normalized spacial score (nSPS) is 20.8. The Morgan fingerprint density at radius 1 is 1.73 bits per heavy atom. The molecule has 0 unspecified atom stereocenters. The molecule has 0 aromatic rings. The molecule has 0 saturated carbocycles. The van der Waals surface area contributed by atoms with Crippen molar-refractivity contribution >= 4 is 17.7 Å². The Labute approximate surface area is 70.1 Å². The number of thioether (sulfide) groups is 1. The first kappa shape index (κ1) is 8.87. The number of ether oxygens (including phenoxy) is 1. The molecule has 0 spiro atoms. The molecular formula is C7H12O3S. The Balaban J connectivity index is 2.40. The molecule has 0 aromatic carbocycles. The zero-order chi connectivity index (χ0) is 8.32. The van der Waals surface area contributed by atoms with E-state index >= 15 is 0 Å². The molecule has 1 aliphatic heterocycles. The van der Waals surface area contributed by atoms with Crippen molar-refractivity contribution in [2.45, 2.75) is 18.1 Å². The van der Waals surface area contributed by atoms with Gasteiger partial charge in [0.15, 0.2) is 4.75 Å². The summed E-state index contributed by atoms with van der Waals surface area (Å²) >= 11 is 1.49. The van der Waals surface area contributed by atoms with E-state index in [1.54, 1.807) is 0 Å². The van der Waals surface area contributed by atoms with Crippen LogP contribution in [0.25, 0.3) is 0 Å². The quantitative estimate of drug-likeness (QED) is 0.693. The third kappa shape index (κ3) is 1.68. The van der Waals surface area contributed by atoms with Crippen LogP contribution in [0.3, 0.4) is 0 Å². The van der Waals surface area contributed by atoms with E-state index in [4.69, 9.17) is 9.84 Å². The highest BCUT2D eigenvalue weighted by Crippen LogP contribution is 2.33. The Bertz CT molecular complexity index is 154. The van der Waals surface area contributed by atoms with E-state index in [0.717, 1.165) is 12.2 Å². The minimum absolute atomic E-state index is 0.368. The van der Waals surface area contributed by atoms with Gasteiger partial charge in [0.2, 0.25) is 0 Å². The van der Waals surface area contributed by atoms with Crippen LogP contribution in [0.1, 0.15) is 13.3 Å². The maximum Gasteiger partial charge on any atom is 0.324 e. The topological polar surface area (TPSA) is 46.5 Å². The number of hydrogen-bond acceptors (Lipinski definition) is 3. The number of aliphatic carboxylic acids is 1. The van der Waals surface area contributed by atoms with Gasteiger partial charge in [0, 0.05) is 0 Å². The van der Waals surface area contributed by atoms with Crippen molar-refractivity contribution in [3.05, 3.63) is 0 Å². The summed E-state index contributed by atoms with van der Waals surface area (Å²) in [6.45, 7) is 2.78. The fraction of sp³-hybridized carbons (Fsp3) is 0.857. The molecule has 1 rings (SSSR count). The van der Waals surface area contributed by atoms with Crippen molar-refractivity contribution < 1.29 is 14.6 Å². The van der Waals surface area contributed by atoms with E-state index in [-0.39, 0.29) is 0 Å². The molecular weight excluding hydrogens is 164 g/mol. The van der Waals surface area contributed by atoms with Crippen molar-refractivity contribution in [3.63, 3.8) is 0 Å². The van der Waals surface area contributed by atoms with E-state index < -0.39 is 10.7 Å². The molecule has 11 heavy (non-hydrogen) atoms. The number of rotatable bonds is 4. The molecule has 0 aromatic heterocycles. The van der Waals surface area contributed by atoms with Gasteiger partial charge in [-0.2, -0.15) is 0 Å². The molecule has 1 fully saturated rings. The van der Waals surface area contributed by atoms with Crippen LogP contribution in [0, 0.1) is 0 Å². The van der Waals surface area contributed by atoms with Gasteiger partial charge in [-0.15, -0.1) is 11.8 Å². The third-order valence-corrected chi connectivity index (χ3v) is 3.22. The summed E-state index contributed by atoms with van der Waals surface area (Å²) in [5.41, 5.74) is 0. The van der Waals surface area contributed by atoms with Gasteiger partial charge in [-0.05, 0) is 12.2 Å². The Morgan fingerprint density at radius 3 is 2.64 bits per heavy atom. The van der Waals surface area contributed by atoms with Gasteiger partial charge >= 0.3 is 5.97 Å². The summed E-state index contributed by atoms with van der Waals surface area (Å²) in [7, 11) is 0. The summed E-state index contributed by atoms with van der Waals surface area (Å²) in [6.07, 6.45) is 1.01. The molecule has 1 heterocycles. The van der Waals surface area contributed by atoms with Gasteiger partial charge in [-0.25, -0.2) is 0 Å². The Kier molecular flexibility index (Phi) is 2.78. The largest absolute Gasteiger partial charge is 0.480 e. The van der Waals surface area contributed by atoms with E-state index in [1.807, 2.05) is 6.92 Å². The molecule has 4 heteroatoms. The third-order valence-electron chi connectivity index (χ3n) is 1.64. The standard InChI is InChI=1S/C7H12O3S/c1-2-3-11-7(6(8)9)4-10-5-7/h2-5H2,1H3,(H,8,9). The van der Waals surface area contributed by atoms with E-state index in [1.165, 1.54) is 11.8 Å². The SMILES string of the molecule is CCCSC1(C(=O)O)COC1. The molecule has 3 nitrogen and oxygen atoms in total. The van der Waals surface area contributed by atoms with Crippen LogP contribution in [-0.2, 0) is 9.53 Å². The van der Waals surface area contributed by atoms with Gasteiger partial charge in [0.25, 0.3) is 0 Å². The van der Waals surface area contributed by atoms with Crippen LogP contribution >= 0.6 is 11.8 Å². The van der Waals surface area contributed by atoms with Crippen molar-refractivity contribution in [2.24, 2.45) is 0 Å². The van der Waals surface area contributed by atoms with Crippen LogP contribution in [0.5, 0.6) is 0 Å². The molecule has 1 N–H and O–H groups in total. The van der Waals surface area contributed by atoms with Crippen LogP contribution in [0.15, 0.2) is 0 Å². The fourth-order valence-corrected chi connectivity index (χ4v) is 1.91. The number of hydrogen-bond donors (Lipinski definition) is 1. The zero-order valence-corrected chi connectivity index (χ0v) is 7.32. The smallest absolute Gasteiger partial charge is 0.324 e. The fourth-order valence-electron chi connectivity index (χ4n) is 0.853. The van der Waals surface area contributed by atoms with Gasteiger partial charge < -0.3 is 9.84 Å². The van der Waals surface area contributed by atoms with Gasteiger partial charge in [-0.1, -0.05) is 6.92 Å². The molecule has 0 radical (unpaired) electrons. The minimum Gasteiger partial charge on any atom is -0.480 e. The first-order chi connectivity index (χ1) is 5.21. The summed E-state index contributed by atoms with van der Waals surface area (Å²) in [5, 5.41) is 8.81. The van der Waals surface area contributed by atoms with Gasteiger partial charge in [0.1, 0.15) is 0 Å². The first-order valence-corrected chi connectivity index (χ1v) is 4.65. The molecule has 64 valence electrons. The van der Waals surface area contributed by atoms with Crippen molar-refractivity contribution in [2.75, 3.05) is 19.0 Å². The average molecular weight is 176 g/mol. The van der Waals surface area contributed by atoms with Crippen molar-refractivity contribution in [1.29, 1.82) is 0 Å². The molecule has 0 atom stereocenters. The number of carbonyl (C=O) groups is 1. The maximum absolute atomic E-state index is 10.7. The number of carboxylic acid groups (broad SMARTS) is 1. The second-order valence-electron chi connectivity index (χ2n) is 2.64.